The number of carbonyl (C=O) groups excluding carboxylic acids is 1. The SMILES string of the molecule is CC1CCCCN1CCCNC(=O)CCCCCCN. The number of piperidine rings is 1. The van der Waals surface area contributed by atoms with Gasteiger partial charge in [0.05, 0.1) is 0 Å². The first-order valence-corrected chi connectivity index (χ1v) is 8.45. The number of likely N-dealkylation sites (tertiary alicyclic amines) is 1. The zero-order chi connectivity index (χ0) is 14.6. The molecule has 0 aromatic heterocycles. The molecule has 3 N–H and O–H groups in total. The van der Waals surface area contributed by atoms with Crippen LogP contribution in [0.4, 0.5) is 0 Å². The summed E-state index contributed by atoms with van der Waals surface area (Å²) in [5, 5.41) is 3.04. The lowest BCUT2D eigenvalue weighted by Crippen LogP contribution is -2.39. The van der Waals surface area contributed by atoms with Crippen molar-refractivity contribution < 1.29 is 4.79 Å². The Morgan fingerprint density at radius 2 is 2.00 bits per heavy atom. The number of nitrogens with zero attached hydrogens (tertiary/aromatic N) is 1. The van der Waals surface area contributed by atoms with E-state index in [4.69, 9.17) is 5.73 Å². The fourth-order valence-electron chi connectivity index (χ4n) is 2.87. The normalized spacial score (nSPS) is 20.0. The van der Waals surface area contributed by atoms with E-state index in [0.717, 1.165) is 57.8 Å². The fourth-order valence-corrected chi connectivity index (χ4v) is 2.87. The van der Waals surface area contributed by atoms with Crippen LogP contribution in [0, 0.1) is 0 Å². The van der Waals surface area contributed by atoms with Gasteiger partial charge < -0.3 is 16.0 Å². The Balaban J connectivity index is 1.93. The minimum absolute atomic E-state index is 0.212. The Hall–Kier alpha value is -0.610. The summed E-state index contributed by atoms with van der Waals surface area (Å²) < 4.78 is 0. The molecule has 0 aromatic rings. The van der Waals surface area contributed by atoms with E-state index in [0.29, 0.717) is 6.42 Å². The number of hydrogen-bond donors (Lipinski definition) is 2. The van der Waals surface area contributed by atoms with E-state index in [1.165, 1.54) is 25.8 Å². The van der Waals surface area contributed by atoms with Gasteiger partial charge in [0.1, 0.15) is 0 Å². The van der Waals surface area contributed by atoms with E-state index in [-0.39, 0.29) is 5.91 Å². The van der Waals surface area contributed by atoms with Crippen LogP contribution < -0.4 is 11.1 Å². The van der Waals surface area contributed by atoms with Crippen LogP contribution in [0.15, 0.2) is 0 Å². The molecular weight excluding hydrogens is 250 g/mol. The molecule has 0 aliphatic carbocycles. The summed E-state index contributed by atoms with van der Waals surface area (Å²) in [6.45, 7) is 6.26. The van der Waals surface area contributed by atoms with Crippen LogP contribution >= 0.6 is 0 Å². The number of unbranched alkanes of at least 4 members (excludes halogenated alkanes) is 3. The third-order valence-electron chi connectivity index (χ3n) is 4.24. The van der Waals surface area contributed by atoms with Gasteiger partial charge in [0, 0.05) is 25.6 Å². The third-order valence-corrected chi connectivity index (χ3v) is 4.24. The van der Waals surface area contributed by atoms with E-state index in [2.05, 4.69) is 17.1 Å². The molecule has 0 aromatic carbocycles. The highest BCUT2D eigenvalue weighted by atomic mass is 16.1. The molecule has 1 unspecified atom stereocenters. The first-order chi connectivity index (χ1) is 9.74. The molecule has 0 saturated carbocycles. The van der Waals surface area contributed by atoms with Crippen LogP contribution in [0.3, 0.4) is 0 Å². The Labute approximate surface area is 124 Å². The molecule has 1 fully saturated rings. The number of nitrogens with two attached hydrogens (primary N) is 1. The second-order valence-corrected chi connectivity index (χ2v) is 6.04. The predicted molar refractivity (Wildman–Crippen MR) is 84.7 cm³/mol. The molecule has 4 heteroatoms. The quantitative estimate of drug-likeness (QED) is 0.605. The van der Waals surface area contributed by atoms with Gasteiger partial charge in [-0.3, -0.25) is 4.79 Å². The molecule has 4 nitrogen and oxygen atoms in total. The Morgan fingerprint density at radius 3 is 2.75 bits per heavy atom. The van der Waals surface area contributed by atoms with E-state index in [1.807, 2.05) is 0 Å². The largest absolute Gasteiger partial charge is 0.356 e. The van der Waals surface area contributed by atoms with Crippen molar-refractivity contribution in [1.82, 2.24) is 10.2 Å². The second kappa shape index (κ2) is 11.1. The number of amides is 1. The summed E-state index contributed by atoms with van der Waals surface area (Å²) >= 11 is 0. The highest BCUT2D eigenvalue weighted by molar-refractivity contribution is 5.75. The summed E-state index contributed by atoms with van der Waals surface area (Å²) in [6.07, 6.45) is 10.1. The maximum absolute atomic E-state index is 11.6. The molecule has 1 aliphatic heterocycles. The molecule has 0 bridgehead atoms. The molecule has 0 radical (unpaired) electrons. The molecular formula is C16H33N3O. The minimum atomic E-state index is 0.212. The highest BCUT2D eigenvalue weighted by Gasteiger charge is 2.17. The summed E-state index contributed by atoms with van der Waals surface area (Å²) in [5.41, 5.74) is 5.44. The van der Waals surface area contributed by atoms with Crippen molar-refractivity contribution in [2.75, 3.05) is 26.2 Å². The van der Waals surface area contributed by atoms with Crippen molar-refractivity contribution in [3.8, 4) is 0 Å². The van der Waals surface area contributed by atoms with E-state index in [1.54, 1.807) is 0 Å². The first-order valence-electron chi connectivity index (χ1n) is 8.45. The zero-order valence-corrected chi connectivity index (χ0v) is 13.2. The van der Waals surface area contributed by atoms with Crippen molar-refractivity contribution in [2.24, 2.45) is 5.73 Å². The number of nitrogens with one attached hydrogen (secondary N) is 1. The summed E-state index contributed by atoms with van der Waals surface area (Å²) in [5.74, 6) is 0.212. The van der Waals surface area contributed by atoms with E-state index < -0.39 is 0 Å². The van der Waals surface area contributed by atoms with Crippen molar-refractivity contribution in [1.29, 1.82) is 0 Å². The Kier molecular flexibility index (Phi) is 9.67. The van der Waals surface area contributed by atoms with E-state index in [9.17, 15) is 4.79 Å². The van der Waals surface area contributed by atoms with Gasteiger partial charge in [-0.25, -0.2) is 0 Å². The molecule has 0 spiro atoms. The van der Waals surface area contributed by atoms with Crippen LogP contribution in [-0.2, 0) is 4.79 Å². The van der Waals surface area contributed by atoms with E-state index >= 15 is 0 Å². The van der Waals surface area contributed by atoms with Crippen molar-refractivity contribution in [3.63, 3.8) is 0 Å². The van der Waals surface area contributed by atoms with Crippen LogP contribution in [0.1, 0.15) is 64.7 Å². The highest BCUT2D eigenvalue weighted by Crippen LogP contribution is 2.16. The average molecular weight is 283 g/mol. The Bertz CT molecular complexity index is 258. The molecule has 118 valence electrons. The molecule has 1 heterocycles. The van der Waals surface area contributed by atoms with Gasteiger partial charge in [0.2, 0.25) is 5.91 Å². The number of rotatable bonds is 10. The molecule has 1 amide bonds. The van der Waals surface area contributed by atoms with Gasteiger partial charge in [-0.15, -0.1) is 0 Å². The summed E-state index contributed by atoms with van der Waals surface area (Å²) in [7, 11) is 0. The van der Waals surface area contributed by atoms with Crippen molar-refractivity contribution >= 4 is 5.91 Å². The van der Waals surface area contributed by atoms with Crippen LogP contribution in [0.5, 0.6) is 0 Å². The molecule has 1 saturated heterocycles. The lowest BCUT2D eigenvalue weighted by molar-refractivity contribution is -0.121. The van der Waals surface area contributed by atoms with Crippen molar-refractivity contribution in [3.05, 3.63) is 0 Å². The molecule has 1 atom stereocenters. The first kappa shape index (κ1) is 17.4. The van der Waals surface area contributed by atoms with Gasteiger partial charge in [0.15, 0.2) is 0 Å². The van der Waals surface area contributed by atoms with Crippen LogP contribution in [-0.4, -0.2) is 43.0 Å². The lowest BCUT2D eigenvalue weighted by Gasteiger charge is -2.33. The predicted octanol–water partition coefficient (Wildman–Crippen LogP) is 2.28. The standard InChI is InChI=1S/C16H33N3O/c1-15-9-5-7-13-19(15)14-8-12-18-16(20)10-4-2-3-6-11-17/h15H,2-14,17H2,1H3,(H,18,20). The van der Waals surface area contributed by atoms with Gasteiger partial charge >= 0.3 is 0 Å². The number of hydrogen-bond acceptors (Lipinski definition) is 3. The summed E-state index contributed by atoms with van der Waals surface area (Å²) in [4.78, 5) is 14.2. The van der Waals surface area contributed by atoms with Gasteiger partial charge in [-0.2, -0.15) is 0 Å². The number of carbonyl (C=O) groups is 1. The third kappa shape index (κ3) is 7.85. The fraction of sp³-hybridized carbons (Fsp3) is 0.938. The topological polar surface area (TPSA) is 58.4 Å². The average Bonchev–Trinajstić information content (AvgIpc) is 2.45. The molecule has 20 heavy (non-hydrogen) atoms. The smallest absolute Gasteiger partial charge is 0.219 e. The second-order valence-electron chi connectivity index (χ2n) is 6.04. The van der Waals surface area contributed by atoms with Gasteiger partial charge in [-0.1, -0.05) is 19.3 Å². The monoisotopic (exact) mass is 283 g/mol. The minimum Gasteiger partial charge on any atom is -0.356 e. The maximum Gasteiger partial charge on any atom is 0.219 e. The van der Waals surface area contributed by atoms with Crippen LogP contribution in [0.25, 0.3) is 0 Å². The van der Waals surface area contributed by atoms with Gasteiger partial charge in [0.25, 0.3) is 0 Å². The zero-order valence-electron chi connectivity index (χ0n) is 13.2. The van der Waals surface area contributed by atoms with Crippen LogP contribution in [0.2, 0.25) is 0 Å². The maximum atomic E-state index is 11.6. The molecule has 1 aliphatic rings. The lowest BCUT2D eigenvalue weighted by atomic mass is 10.0. The summed E-state index contributed by atoms with van der Waals surface area (Å²) in [6, 6.07) is 0.724. The van der Waals surface area contributed by atoms with Crippen molar-refractivity contribution in [2.45, 2.75) is 70.8 Å². The van der Waals surface area contributed by atoms with Gasteiger partial charge in [-0.05, 0) is 52.1 Å². The molecule has 1 rings (SSSR count). The Morgan fingerprint density at radius 1 is 1.20 bits per heavy atom.